The summed E-state index contributed by atoms with van der Waals surface area (Å²) in [6.07, 6.45) is 0. The highest BCUT2D eigenvalue weighted by Gasteiger charge is 2.08. The van der Waals surface area contributed by atoms with Crippen LogP contribution in [0.2, 0.25) is 0 Å². The third-order valence-electron chi connectivity index (χ3n) is 3.80. The lowest BCUT2D eigenvalue weighted by molar-refractivity contribution is 0.415. The SMILES string of the molecule is COc1ccc2sc(OBOc3cc4cc(OC)ccc4s3)cc2c1. The molecule has 4 aromatic rings. The van der Waals surface area contributed by atoms with E-state index in [9.17, 15) is 0 Å². The van der Waals surface area contributed by atoms with E-state index in [0.717, 1.165) is 41.8 Å². The maximum Gasteiger partial charge on any atom is 0.577 e. The molecule has 4 nitrogen and oxygen atoms in total. The first-order valence-electron chi connectivity index (χ1n) is 7.66. The number of benzene rings is 2. The van der Waals surface area contributed by atoms with Crippen molar-refractivity contribution in [1.82, 2.24) is 0 Å². The van der Waals surface area contributed by atoms with Gasteiger partial charge in [-0.1, -0.05) is 0 Å². The quantitative estimate of drug-likeness (QED) is 0.455. The van der Waals surface area contributed by atoms with Crippen molar-refractivity contribution in [3.63, 3.8) is 0 Å². The van der Waals surface area contributed by atoms with Gasteiger partial charge in [0.15, 0.2) is 10.1 Å². The molecule has 0 spiro atoms. The molecule has 0 bridgehead atoms. The Bertz CT molecular complexity index is 942. The van der Waals surface area contributed by atoms with Crippen LogP contribution in [0.15, 0.2) is 48.5 Å². The summed E-state index contributed by atoms with van der Waals surface area (Å²) in [5, 5.41) is 3.86. The van der Waals surface area contributed by atoms with Gasteiger partial charge in [0, 0.05) is 9.40 Å². The van der Waals surface area contributed by atoms with Crippen molar-refractivity contribution in [2.75, 3.05) is 14.2 Å². The fourth-order valence-electron chi connectivity index (χ4n) is 2.54. The van der Waals surface area contributed by atoms with Gasteiger partial charge >= 0.3 is 7.69 Å². The van der Waals surface area contributed by atoms with Gasteiger partial charge in [-0.15, -0.1) is 22.7 Å². The van der Waals surface area contributed by atoms with Gasteiger partial charge in [0.1, 0.15) is 11.5 Å². The standard InChI is InChI=1S/C18H15BO4S2/c1-20-13-3-5-15-11(7-13)9-17(24-15)22-19-23-18-10-12-8-14(21-2)4-6-16(12)25-18/h3-10,19H,1-2H3. The first-order chi connectivity index (χ1) is 12.2. The summed E-state index contributed by atoms with van der Waals surface area (Å²) in [5.41, 5.74) is 0. The Kier molecular flexibility index (Phi) is 4.42. The van der Waals surface area contributed by atoms with E-state index in [1.807, 2.05) is 48.5 Å². The third kappa shape index (κ3) is 3.38. The second kappa shape index (κ2) is 6.86. The molecule has 0 fully saturated rings. The van der Waals surface area contributed by atoms with Gasteiger partial charge in [0.2, 0.25) is 0 Å². The maximum absolute atomic E-state index is 5.75. The van der Waals surface area contributed by atoms with Crippen molar-refractivity contribution < 1.29 is 18.8 Å². The lowest BCUT2D eigenvalue weighted by Gasteiger charge is -2.01. The van der Waals surface area contributed by atoms with E-state index in [1.165, 1.54) is 0 Å². The van der Waals surface area contributed by atoms with Crippen molar-refractivity contribution >= 4 is 50.5 Å². The summed E-state index contributed by atoms with van der Waals surface area (Å²) < 4.78 is 24.3. The van der Waals surface area contributed by atoms with E-state index < -0.39 is 0 Å². The number of hydrogen-bond donors (Lipinski definition) is 0. The van der Waals surface area contributed by atoms with E-state index >= 15 is 0 Å². The molecule has 0 atom stereocenters. The molecule has 0 amide bonds. The molecular formula is C18H15BO4S2. The van der Waals surface area contributed by atoms with E-state index in [-0.39, 0.29) is 7.69 Å². The van der Waals surface area contributed by atoms with Crippen LogP contribution in [0, 0.1) is 0 Å². The number of fused-ring (bicyclic) bond motifs is 2. The largest absolute Gasteiger partial charge is 0.577 e. The number of ether oxygens (including phenoxy) is 2. The molecule has 0 unspecified atom stereocenters. The molecule has 4 rings (SSSR count). The van der Waals surface area contributed by atoms with Gasteiger partial charge in [-0.05, 0) is 59.3 Å². The topological polar surface area (TPSA) is 36.9 Å². The summed E-state index contributed by atoms with van der Waals surface area (Å²) >= 11 is 3.18. The van der Waals surface area contributed by atoms with Crippen LogP contribution in [-0.4, -0.2) is 21.9 Å². The fraction of sp³-hybridized carbons (Fsp3) is 0.111. The van der Waals surface area contributed by atoms with Gasteiger partial charge in [-0.25, -0.2) is 0 Å². The summed E-state index contributed by atoms with van der Waals surface area (Å²) in [5.74, 6) is 1.68. The Hall–Kier alpha value is -2.38. The first kappa shape index (κ1) is 16.1. The number of hydrogen-bond acceptors (Lipinski definition) is 6. The molecule has 7 heteroatoms. The smallest absolute Gasteiger partial charge is 0.521 e. The molecule has 2 aromatic heterocycles. The van der Waals surface area contributed by atoms with Crippen molar-refractivity contribution in [2.45, 2.75) is 0 Å². The van der Waals surface area contributed by atoms with Crippen molar-refractivity contribution in [2.24, 2.45) is 0 Å². The van der Waals surface area contributed by atoms with Crippen LogP contribution in [0.3, 0.4) is 0 Å². The average Bonchev–Trinajstić information content (AvgIpc) is 3.23. The van der Waals surface area contributed by atoms with Gasteiger partial charge in [-0.2, -0.15) is 0 Å². The summed E-state index contributed by atoms with van der Waals surface area (Å²) in [7, 11) is 3.51. The van der Waals surface area contributed by atoms with Crippen molar-refractivity contribution in [1.29, 1.82) is 0 Å². The van der Waals surface area contributed by atoms with Gasteiger partial charge in [0.05, 0.1) is 14.2 Å². The fourth-order valence-corrected chi connectivity index (χ4v) is 4.30. The monoisotopic (exact) mass is 370 g/mol. The van der Waals surface area contributed by atoms with Gasteiger partial charge in [-0.3, -0.25) is 0 Å². The maximum atomic E-state index is 5.75. The van der Waals surface area contributed by atoms with E-state index in [0.29, 0.717) is 0 Å². The van der Waals surface area contributed by atoms with Crippen LogP contribution in [0.4, 0.5) is 0 Å². The highest BCUT2D eigenvalue weighted by molar-refractivity contribution is 7.21. The Morgan fingerprint density at radius 3 is 1.60 bits per heavy atom. The minimum absolute atomic E-state index is 0.175. The molecule has 25 heavy (non-hydrogen) atoms. The Balaban J connectivity index is 1.43. The highest BCUT2D eigenvalue weighted by Crippen LogP contribution is 2.35. The highest BCUT2D eigenvalue weighted by atomic mass is 32.1. The van der Waals surface area contributed by atoms with E-state index in [2.05, 4.69) is 0 Å². The van der Waals surface area contributed by atoms with E-state index in [1.54, 1.807) is 36.9 Å². The predicted molar refractivity (Wildman–Crippen MR) is 105 cm³/mol. The lowest BCUT2D eigenvalue weighted by atomic mass is 10.2. The van der Waals surface area contributed by atoms with Crippen LogP contribution in [0.1, 0.15) is 0 Å². The second-order valence-corrected chi connectivity index (χ2v) is 7.44. The Morgan fingerprint density at radius 1 is 0.680 bits per heavy atom. The predicted octanol–water partition coefficient (Wildman–Crippen LogP) is 4.86. The van der Waals surface area contributed by atoms with Crippen molar-refractivity contribution in [3.8, 4) is 21.6 Å². The molecule has 0 aliphatic heterocycles. The van der Waals surface area contributed by atoms with Crippen LogP contribution in [0.5, 0.6) is 21.6 Å². The number of rotatable bonds is 6. The molecule has 0 saturated carbocycles. The Morgan fingerprint density at radius 2 is 1.16 bits per heavy atom. The summed E-state index contributed by atoms with van der Waals surface area (Å²) in [6, 6.07) is 16.0. The minimum Gasteiger partial charge on any atom is -0.521 e. The molecule has 0 saturated heterocycles. The Labute approximate surface area is 153 Å². The zero-order valence-corrected chi connectivity index (χ0v) is 15.4. The van der Waals surface area contributed by atoms with E-state index in [4.69, 9.17) is 18.8 Å². The average molecular weight is 370 g/mol. The zero-order valence-electron chi connectivity index (χ0n) is 13.8. The summed E-state index contributed by atoms with van der Waals surface area (Å²) in [6.45, 7) is 0. The molecule has 2 heterocycles. The zero-order chi connectivity index (χ0) is 17.2. The molecule has 2 aromatic carbocycles. The third-order valence-corrected chi connectivity index (χ3v) is 5.86. The van der Waals surface area contributed by atoms with Crippen LogP contribution in [-0.2, 0) is 0 Å². The number of thiophene rings is 2. The lowest BCUT2D eigenvalue weighted by Crippen LogP contribution is -2.08. The molecule has 0 aliphatic carbocycles. The van der Waals surface area contributed by atoms with Crippen LogP contribution >= 0.6 is 22.7 Å². The van der Waals surface area contributed by atoms with Gasteiger partial charge < -0.3 is 18.8 Å². The first-order valence-corrected chi connectivity index (χ1v) is 9.29. The molecule has 0 aliphatic rings. The summed E-state index contributed by atoms with van der Waals surface area (Å²) in [4.78, 5) is 0. The minimum atomic E-state index is 0.175. The van der Waals surface area contributed by atoms with Crippen LogP contribution < -0.4 is 18.8 Å². The number of methoxy groups -OCH3 is 2. The van der Waals surface area contributed by atoms with Crippen molar-refractivity contribution in [3.05, 3.63) is 48.5 Å². The normalized spacial score (nSPS) is 10.8. The molecule has 126 valence electrons. The molecule has 0 N–H and O–H groups in total. The van der Waals surface area contributed by atoms with Crippen LogP contribution in [0.25, 0.3) is 20.2 Å². The molecular weight excluding hydrogens is 355 g/mol. The van der Waals surface area contributed by atoms with Gasteiger partial charge in [0.25, 0.3) is 0 Å². The second-order valence-electron chi connectivity index (χ2n) is 5.34. The molecule has 0 radical (unpaired) electrons.